The number of fused-ring (bicyclic) bond motifs is 1. The summed E-state index contributed by atoms with van der Waals surface area (Å²) in [6.07, 6.45) is 2.03. The van der Waals surface area contributed by atoms with E-state index in [9.17, 15) is 9.59 Å². The van der Waals surface area contributed by atoms with Crippen LogP contribution in [0.4, 0.5) is 0 Å². The highest BCUT2D eigenvalue weighted by molar-refractivity contribution is 6.07. The number of hydrogen-bond acceptors (Lipinski definition) is 6. The molecule has 35 heavy (non-hydrogen) atoms. The average molecular weight is 475 g/mol. The lowest BCUT2D eigenvalue weighted by Gasteiger charge is -2.32. The zero-order valence-corrected chi connectivity index (χ0v) is 20.2. The molecule has 7 heteroatoms. The van der Waals surface area contributed by atoms with Gasteiger partial charge in [0.25, 0.3) is 0 Å². The Labute approximate surface area is 204 Å². The van der Waals surface area contributed by atoms with Crippen LogP contribution in [0.15, 0.2) is 56.7 Å². The van der Waals surface area contributed by atoms with Gasteiger partial charge in [0.2, 0.25) is 11.8 Å². The molecule has 3 aromatic rings. The van der Waals surface area contributed by atoms with Gasteiger partial charge in [0, 0.05) is 31.0 Å². The van der Waals surface area contributed by atoms with Crippen LogP contribution >= 0.6 is 0 Å². The van der Waals surface area contributed by atoms with Crippen LogP contribution in [0.1, 0.15) is 54.6 Å². The van der Waals surface area contributed by atoms with Crippen molar-refractivity contribution in [3.8, 4) is 5.75 Å². The lowest BCUT2D eigenvalue weighted by Crippen LogP contribution is -2.37. The van der Waals surface area contributed by atoms with Crippen molar-refractivity contribution in [3.05, 3.63) is 75.1 Å². The number of carbonyl (C=O) groups excluding carboxylic acids is 1. The second kappa shape index (κ2) is 9.94. The first kappa shape index (κ1) is 23.1. The molecule has 0 N–H and O–H groups in total. The normalized spacial score (nSPS) is 16.3. The number of hydrogen-bond donors (Lipinski definition) is 0. The van der Waals surface area contributed by atoms with Crippen molar-refractivity contribution in [2.75, 3.05) is 26.2 Å². The molecule has 0 saturated carbocycles. The van der Waals surface area contributed by atoms with Gasteiger partial charge in [-0.3, -0.25) is 9.59 Å². The standard InChI is InChI=1S/C28H30N2O5/c1-3-23(31)30-14-11-20(12-15-30)26-18(2)25(32)21-9-10-22(34-17-19-7-5-4-6-8-19)24(27(21)35-26)28-29-13-16-33-28/h4-10,20H,3,11-17H2,1-2H3. The van der Waals surface area contributed by atoms with Crippen molar-refractivity contribution in [3.63, 3.8) is 0 Å². The minimum Gasteiger partial charge on any atom is -0.488 e. The van der Waals surface area contributed by atoms with E-state index in [1.54, 1.807) is 12.1 Å². The van der Waals surface area contributed by atoms with Gasteiger partial charge in [-0.15, -0.1) is 0 Å². The maximum atomic E-state index is 13.4. The van der Waals surface area contributed by atoms with Crippen molar-refractivity contribution in [1.29, 1.82) is 0 Å². The first-order valence-electron chi connectivity index (χ1n) is 12.3. The van der Waals surface area contributed by atoms with Crippen LogP contribution in [0, 0.1) is 6.92 Å². The minimum atomic E-state index is -0.0530. The molecule has 182 valence electrons. The Morgan fingerprint density at radius 1 is 1.14 bits per heavy atom. The summed E-state index contributed by atoms with van der Waals surface area (Å²) in [4.78, 5) is 31.9. The predicted octanol–water partition coefficient (Wildman–Crippen LogP) is 4.57. The average Bonchev–Trinajstić information content (AvgIpc) is 3.44. The van der Waals surface area contributed by atoms with Crippen molar-refractivity contribution in [1.82, 2.24) is 4.90 Å². The zero-order valence-electron chi connectivity index (χ0n) is 20.2. The largest absolute Gasteiger partial charge is 0.488 e. The molecule has 1 amide bonds. The molecule has 2 aliphatic heterocycles. The fourth-order valence-corrected chi connectivity index (χ4v) is 4.90. The summed E-state index contributed by atoms with van der Waals surface area (Å²) in [5.41, 5.74) is 2.65. The third-order valence-corrected chi connectivity index (χ3v) is 6.84. The monoisotopic (exact) mass is 474 g/mol. The fraction of sp³-hybridized carbons (Fsp3) is 0.393. The van der Waals surface area contributed by atoms with Gasteiger partial charge in [-0.05, 0) is 37.5 Å². The van der Waals surface area contributed by atoms with Gasteiger partial charge in [-0.2, -0.15) is 0 Å². The Balaban J connectivity index is 1.55. The van der Waals surface area contributed by atoms with E-state index in [1.807, 2.05) is 49.1 Å². The van der Waals surface area contributed by atoms with E-state index < -0.39 is 0 Å². The van der Waals surface area contributed by atoms with Gasteiger partial charge in [-0.25, -0.2) is 4.99 Å². The summed E-state index contributed by atoms with van der Waals surface area (Å²) in [5, 5.41) is 0.491. The van der Waals surface area contributed by atoms with Crippen molar-refractivity contribution < 1.29 is 18.7 Å². The molecule has 0 spiro atoms. The van der Waals surface area contributed by atoms with Crippen LogP contribution in [-0.2, 0) is 16.1 Å². The van der Waals surface area contributed by atoms with Crippen molar-refractivity contribution in [2.45, 2.75) is 45.6 Å². The Morgan fingerprint density at radius 3 is 2.60 bits per heavy atom. The van der Waals surface area contributed by atoms with E-state index in [0.717, 1.165) is 18.4 Å². The summed E-state index contributed by atoms with van der Waals surface area (Å²) in [6.45, 7) is 6.46. The van der Waals surface area contributed by atoms with Gasteiger partial charge in [0.15, 0.2) is 11.0 Å². The summed E-state index contributed by atoms with van der Waals surface area (Å²) in [5.74, 6) is 1.94. The number of nitrogens with zero attached hydrogens (tertiary/aromatic N) is 2. The van der Waals surface area contributed by atoms with Gasteiger partial charge >= 0.3 is 0 Å². The quantitative estimate of drug-likeness (QED) is 0.523. The second-order valence-corrected chi connectivity index (χ2v) is 9.05. The van der Waals surface area contributed by atoms with Crippen LogP contribution < -0.4 is 10.2 Å². The van der Waals surface area contributed by atoms with Crippen LogP contribution in [-0.4, -0.2) is 42.9 Å². The SMILES string of the molecule is CCC(=O)N1CCC(c2oc3c(C4=NCCO4)c(OCc4ccccc4)ccc3c(=O)c2C)CC1. The molecule has 3 heterocycles. The van der Waals surface area contributed by atoms with E-state index in [4.69, 9.17) is 13.9 Å². The number of rotatable bonds is 6. The summed E-state index contributed by atoms with van der Waals surface area (Å²) < 4.78 is 18.5. The van der Waals surface area contributed by atoms with Crippen LogP contribution in [0.2, 0.25) is 0 Å². The van der Waals surface area contributed by atoms with Gasteiger partial charge in [0.1, 0.15) is 30.3 Å². The molecule has 0 bridgehead atoms. The Hall–Kier alpha value is -3.61. The third kappa shape index (κ3) is 4.55. The highest BCUT2D eigenvalue weighted by Gasteiger charge is 2.29. The van der Waals surface area contributed by atoms with E-state index >= 15 is 0 Å². The molecule has 2 aliphatic rings. The smallest absolute Gasteiger partial charge is 0.223 e. The first-order chi connectivity index (χ1) is 17.1. The molecule has 0 aliphatic carbocycles. The maximum absolute atomic E-state index is 13.4. The van der Waals surface area contributed by atoms with E-state index in [0.29, 0.717) is 78.8 Å². The third-order valence-electron chi connectivity index (χ3n) is 6.84. The number of benzene rings is 2. The molecule has 1 fully saturated rings. The summed E-state index contributed by atoms with van der Waals surface area (Å²) >= 11 is 0. The lowest BCUT2D eigenvalue weighted by atomic mass is 9.91. The van der Waals surface area contributed by atoms with E-state index in [-0.39, 0.29) is 17.3 Å². The number of ether oxygens (including phenoxy) is 2. The molecular weight excluding hydrogens is 444 g/mol. The van der Waals surface area contributed by atoms with Gasteiger partial charge in [-0.1, -0.05) is 37.3 Å². The minimum absolute atomic E-state index is 0.0530. The molecule has 7 nitrogen and oxygen atoms in total. The van der Waals surface area contributed by atoms with Gasteiger partial charge in [0.05, 0.1) is 11.9 Å². The molecule has 0 radical (unpaired) electrons. The van der Waals surface area contributed by atoms with Crippen LogP contribution in [0.3, 0.4) is 0 Å². The number of amides is 1. The van der Waals surface area contributed by atoms with E-state index in [2.05, 4.69) is 4.99 Å². The lowest BCUT2D eigenvalue weighted by molar-refractivity contribution is -0.131. The van der Waals surface area contributed by atoms with E-state index in [1.165, 1.54) is 0 Å². The molecule has 1 saturated heterocycles. The Kier molecular flexibility index (Phi) is 6.57. The number of piperidine rings is 1. The molecule has 1 aromatic heterocycles. The Bertz CT molecular complexity index is 1320. The molecule has 2 aromatic carbocycles. The van der Waals surface area contributed by atoms with Gasteiger partial charge < -0.3 is 18.8 Å². The fourth-order valence-electron chi connectivity index (χ4n) is 4.90. The predicted molar refractivity (Wildman–Crippen MR) is 134 cm³/mol. The maximum Gasteiger partial charge on any atom is 0.223 e. The molecular formula is C28H30N2O5. The van der Waals surface area contributed by atoms with Crippen molar-refractivity contribution in [2.24, 2.45) is 4.99 Å². The number of carbonyl (C=O) groups is 1. The van der Waals surface area contributed by atoms with Crippen LogP contribution in [0.5, 0.6) is 5.75 Å². The van der Waals surface area contributed by atoms with Crippen LogP contribution in [0.25, 0.3) is 11.0 Å². The number of likely N-dealkylation sites (tertiary alicyclic amines) is 1. The first-order valence-corrected chi connectivity index (χ1v) is 12.3. The summed E-state index contributed by atoms with van der Waals surface area (Å²) in [6, 6.07) is 13.5. The topological polar surface area (TPSA) is 81.3 Å². The molecule has 0 atom stereocenters. The summed E-state index contributed by atoms with van der Waals surface area (Å²) in [7, 11) is 0. The second-order valence-electron chi connectivity index (χ2n) is 9.05. The Morgan fingerprint density at radius 2 is 1.91 bits per heavy atom. The van der Waals surface area contributed by atoms with Crippen molar-refractivity contribution >= 4 is 22.8 Å². The number of aliphatic imine (C=N–C) groups is 1. The molecule has 5 rings (SSSR count). The molecule has 0 unspecified atom stereocenters. The highest BCUT2D eigenvalue weighted by atomic mass is 16.5. The highest BCUT2D eigenvalue weighted by Crippen LogP contribution is 2.35. The zero-order chi connectivity index (χ0) is 24.4.